The van der Waals surface area contributed by atoms with E-state index in [1.807, 2.05) is 43.9 Å². The van der Waals surface area contributed by atoms with E-state index in [1.54, 1.807) is 35.5 Å². The minimum Gasteiger partial charge on any atom is -0.484 e. The minimum atomic E-state index is -0.797. The summed E-state index contributed by atoms with van der Waals surface area (Å²) in [5.74, 6) is 0.129. The van der Waals surface area contributed by atoms with Crippen molar-refractivity contribution in [3.63, 3.8) is 0 Å². The van der Waals surface area contributed by atoms with Crippen LogP contribution in [0, 0.1) is 0 Å². The van der Waals surface area contributed by atoms with Crippen LogP contribution in [0.4, 0.5) is 0 Å². The van der Waals surface area contributed by atoms with E-state index >= 15 is 0 Å². The van der Waals surface area contributed by atoms with Crippen LogP contribution in [0.1, 0.15) is 52.9 Å². The number of hydrogen-bond acceptors (Lipinski definition) is 4. The minimum absolute atomic E-state index is 0.0892. The lowest BCUT2D eigenvalue weighted by molar-refractivity contribution is -0.141. The third-order valence-electron chi connectivity index (χ3n) is 6.25. The molecule has 3 rings (SSSR count). The highest BCUT2D eigenvalue weighted by atomic mass is 16.5. The highest BCUT2D eigenvalue weighted by Crippen LogP contribution is 2.36. The fourth-order valence-corrected chi connectivity index (χ4v) is 4.78. The van der Waals surface area contributed by atoms with Crippen molar-refractivity contribution in [1.82, 2.24) is 14.8 Å². The SMILES string of the molecule is C=CC1=C(C)N(C2CCCCC2)C(=O)C1N(C(=O)COc1ccncc1)C(/C=C\C)=C/C(=C)C. The molecule has 1 fully saturated rings. The van der Waals surface area contributed by atoms with Gasteiger partial charge in [0.15, 0.2) is 6.61 Å². The third-order valence-corrected chi connectivity index (χ3v) is 6.25. The maximum Gasteiger partial charge on any atom is 0.265 e. The first-order chi connectivity index (χ1) is 16.4. The summed E-state index contributed by atoms with van der Waals surface area (Å²) < 4.78 is 5.74. The van der Waals surface area contributed by atoms with Crippen LogP contribution in [-0.4, -0.2) is 45.3 Å². The summed E-state index contributed by atoms with van der Waals surface area (Å²) in [7, 11) is 0. The Balaban J connectivity index is 2.01. The number of rotatable bonds is 9. The Kier molecular flexibility index (Phi) is 8.63. The van der Waals surface area contributed by atoms with Gasteiger partial charge in [-0.05, 0) is 57.9 Å². The molecule has 0 saturated heterocycles. The van der Waals surface area contributed by atoms with Gasteiger partial charge in [-0.1, -0.05) is 50.1 Å². The summed E-state index contributed by atoms with van der Waals surface area (Å²) in [4.78, 5) is 35.0. The van der Waals surface area contributed by atoms with Crippen molar-refractivity contribution in [2.24, 2.45) is 0 Å². The van der Waals surface area contributed by atoms with E-state index in [0.29, 0.717) is 11.4 Å². The number of carbonyl (C=O) groups is 2. The predicted molar refractivity (Wildman–Crippen MR) is 135 cm³/mol. The molecule has 1 unspecified atom stereocenters. The lowest BCUT2D eigenvalue weighted by atomic mass is 9.94. The molecule has 6 nitrogen and oxygen atoms in total. The summed E-state index contributed by atoms with van der Waals surface area (Å²) in [6.07, 6.45) is 15.8. The van der Waals surface area contributed by atoms with Gasteiger partial charge >= 0.3 is 0 Å². The molecule has 1 aliphatic heterocycles. The Hall–Kier alpha value is -3.41. The van der Waals surface area contributed by atoms with Crippen molar-refractivity contribution in [2.75, 3.05) is 6.61 Å². The average Bonchev–Trinajstić information content (AvgIpc) is 3.08. The standard InChI is InChI=1S/C28H35N3O3/c1-6-11-23(18-20(3)4)31(26(32)19-34-24-14-16-29-17-15-24)27-25(7-2)21(5)30(28(27)33)22-12-9-8-10-13-22/h6-7,11,14-18,22,27H,2-3,8-10,12-13,19H2,1,4-5H3/b11-6-,23-18+. The number of aromatic nitrogens is 1. The van der Waals surface area contributed by atoms with Crippen LogP contribution < -0.4 is 4.74 Å². The van der Waals surface area contributed by atoms with E-state index in [2.05, 4.69) is 18.1 Å². The highest BCUT2D eigenvalue weighted by Gasteiger charge is 2.45. The molecule has 2 heterocycles. The van der Waals surface area contributed by atoms with Crippen LogP contribution >= 0.6 is 0 Å². The van der Waals surface area contributed by atoms with E-state index in [1.165, 1.54) is 6.42 Å². The third kappa shape index (κ3) is 5.56. The number of ether oxygens (including phenoxy) is 1. The quantitative estimate of drug-likeness (QED) is 0.467. The second kappa shape index (κ2) is 11.6. The summed E-state index contributed by atoms with van der Waals surface area (Å²) >= 11 is 0. The molecule has 2 amide bonds. The molecule has 1 aromatic heterocycles. The average molecular weight is 462 g/mol. The van der Waals surface area contributed by atoms with E-state index in [0.717, 1.165) is 42.5 Å². The molecule has 1 atom stereocenters. The van der Waals surface area contributed by atoms with Gasteiger partial charge in [0, 0.05) is 35.4 Å². The molecule has 34 heavy (non-hydrogen) atoms. The zero-order chi connectivity index (χ0) is 24.7. The predicted octanol–water partition coefficient (Wildman–Crippen LogP) is 5.33. The smallest absolute Gasteiger partial charge is 0.265 e. The van der Waals surface area contributed by atoms with Crippen molar-refractivity contribution in [3.8, 4) is 5.75 Å². The Morgan fingerprint density at radius 1 is 1.26 bits per heavy atom. The van der Waals surface area contributed by atoms with Crippen LogP contribution in [0.25, 0.3) is 0 Å². The maximum atomic E-state index is 13.9. The number of carbonyl (C=O) groups excluding carboxylic acids is 2. The summed E-state index contributed by atoms with van der Waals surface area (Å²) in [5.41, 5.74) is 3.00. The van der Waals surface area contributed by atoms with Gasteiger partial charge < -0.3 is 9.64 Å². The van der Waals surface area contributed by atoms with Gasteiger partial charge in [-0.25, -0.2) is 0 Å². The molecular weight excluding hydrogens is 426 g/mol. The Morgan fingerprint density at radius 3 is 2.53 bits per heavy atom. The van der Waals surface area contributed by atoms with Crippen LogP contribution in [0.2, 0.25) is 0 Å². The number of amides is 2. The zero-order valence-electron chi connectivity index (χ0n) is 20.5. The molecule has 6 heteroatoms. The molecule has 0 spiro atoms. The number of nitrogens with zero attached hydrogens (tertiary/aromatic N) is 3. The van der Waals surface area contributed by atoms with E-state index in [4.69, 9.17) is 4.74 Å². The van der Waals surface area contributed by atoms with Crippen LogP contribution in [0.3, 0.4) is 0 Å². The first-order valence-corrected chi connectivity index (χ1v) is 11.9. The Labute approximate surface area is 203 Å². The van der Waals surface area contributed by atoms with Gasteiger partial charge in [-0.2, -0.15) is 0 Å². The van der Waals surface area contributed by atoms with Gasteiger partial charge in [0.2, 0.25) is 0 Å². The fourth-order valence-electron chi connectivity index (χ4n) is 4.78. The largest absolute Gasteiger partial charge is 0.484 e. The van der Waals surface area contributed by atoms with Crippen LogP contribution in [-0.2, 0) is 9.59 Å². The monoisotopic (exact) mass is 461 g/mol. The molecular formula is C28H35N3O3. The molecule has 0 bridgehead atoms. The normalized spacial score (nSPS) is 19.6. The van der Waals surface area contributed by atoms with Gasteiger partial charge in [-0.3, -0.25) is 19.5 Å². The molecule has 180 valence electrons. The van der Waals surface area contributed by atoms with Crippen molar-refractivity contribution in [2.45, 2.75) is 65.0 Å². The van der Waals surface area contributed by atoms with Gasteiger partial charge in [0.1, 0.15) is 11.8 Å². The second-order valence-corrected chi connectivity index (χ2v) is 8.80. The fraction of sp³-hybridized carbons (Fsp3) is 0.393. The second-order valence-electron chi connectivity index (χ2n) is 8.80. The molecule has 1 saturated carbocycles. The highest BCUT2D eigenvalue weighted by molar-refractivity contribution is 5.96. The van der Waals surface area contributed by atoms with Crippen LogP contribution in [0.15, 0.2) is 84.5 Å². The van der Waals surface area contributed by atoms with Crippen molar-refractivity contribution in [3.05, 3.63) is 84.5 Å². The van der Waals surface area contributed by atoms with Crippen LogP contribution in [0.5, 0.6) is 5.75 Å². The van der Waals surface area contributed by atoms with Crippen molar-refractivity contribution < 1.29 is 14.3 Å². The van der Waals surface area contributed by atoms with Gasteiger partial charge in [-0.15, -0.1) is 0 Å². The first-order valence-electron chi connectivity index (χ1n) is 11.9. The first kappa shape index (κ1) is 25.2. The molecule has 2 aliphatic rings. The molecule has 0 N–H and O–H groups in total. The van der Waals surface area contributed by atoms with E-state index in [-0.39, 0.29) is 24.5 Å². The van der Waals surface area contributed by atoms with Crippen molar-refractivity contribution in [1.29, 1.82) is 0 Å². The number of hydrogen-bond donors (Lipinski definition) is 0. The van der Waals surface area contributed by atoms with Gasteiger partial charge in [0.25, 0.3) is 11.8 Å². The molecule has 0 radical (unpaired) electrons. The number of pyridine rings is 1. The summed E-state index contributed by atoms with van der Waals surface area (Å²) in [5, 5.41) is 0. The molecule has 1 aliphatic carbocycles. The zero-order valence-corrected chi connectivity index (χ0v) is 20.5. The topological polar surface area (TPSA) is 62.7 Å². The Morgan fingerprint density at radius 2 is 1.94 bits per heavy atom. The molecule has 1 aromatic rings. The number of allylic oxidation sites excluding steroid dienone is 5. The lowest BCUT2D eigenvalue weighted by Gasteiger charge is -2.34. The van der Waals surface area contributed by atoms with Crippen molar-refractivity contribution >= 4 is 11.8 Å². The molecule has 0 aromatic carbocycles. The maximum absolute atomic E-state index is 13.9. The Bertz CT molecular complexity index is 1020. The van der Waals surface area contributed by atoms with Gasteiger partial charge in [0.05, 0.1) is 0 Å². The van der Waals surface area contributed by atoms with E-state index < -0.39 is 6.04 Å². The summed E-state index contributed by atoms with van der Waals surface area (Å²) in [6.45, 7) is 13.5. The lowest BCUT2D eigenvalue weighted by Crippen LogP contribution is -2.49. The van der Waals surface area contributed by atoms with E-state index in [9.17, 15) is 9.59 Å². The summed E-state index contributed by atoms with van der Waals surface area (Å²) in [6, 6.07) is 2.74.